The summed E-state index contributed by atoms with van der Waals surface area (Å²) in [5, 5.41) is 1.45. The van der Waals surface area contributed by atoms with Crippen molar-refractivity contribution < 1.29 is 4.79 Å². The molecule has 0 fully saturated rings. The van der Waals surface area contributed by atoms with Gasteiger partial charge in [-0.3, -0.25) is 0 Å². The third-order valence-electron chi connectivity index (χ3n) is 2.28. The van der Waals surface area contributed by atoms with E-state index in [0.29, 0.717) is 0 Å². The normalized spacial score (nSPS) is 13.6. The zero-order valence-corrected chi connectivity index (χ0v) is 13.6. The summed E-state index contributed by atoms with van der Waals surface area (Å²) in [6.45, 7) is 8.53. The number of carbonyl (C=O) groups is 1. The Morgan fingerprint density at radius 3 is 2.12 bits per heavy atom. The minimum atomic E-state index is -1.21. The summed E-state index contributed by atoms with van der Waals surface area (Å²) < 4.78 is 0.870. The van der Waals surface area contributed by atoms with Gasteiger partial charge in [0, 0.05) is 0 Å². The molecule has 0 aliphatic carbocycles. The zero-order valence-electron chi connectivity index (χ0n) is 10.1. The van der Waals surface area contributed by atoms with Crippen LogP contribution in [0.3, 0.4) is 0 Å². The van der Waals surface area contributed by atoms with Gasteiger partial charge in [-0.15, -0.1) is 0 Å². The van der Waals surface area contributed by atoms with Crippen molar-refractivity contribution in [2.24, 2.45) is 0 Å². The molecule has 0 bridgehead atoms. The molecule has 1 aromatic rings. The van der Waals surface area contributed by atoms with E-state index in [0.717, 1.165) is 0 Å². The van der Waals surface area contributed by atoms with E-state index in [1.165, 1.54) is 9.65 Å². The number of Topliss-reactive ketones (excluding diaryl/α,β-unsaturated/α-hetero) is 1. The molecule has 0 aliphatic heterocycles. The SMILES string of the molecule is CC(=O)C(Cl)[Se]c1ccc([Si](C)(C)C)cc1. The average molecular weight is 320 g/mol. The first kappa shape index (κ1) is 14.0. The van der Waals surface area contributed by atoms with Crippen molar-refractivity contribution in [3.8, 4) is 0 Å². The molecule has 0 heterocycles. The van der Waals surface area contributed by atoms with Crippen molar-refractivity contribution in [2.45, 2.75) is 30.8 Å². The summed E-state index contributed by atoms with van der Waals surface area (Å²) in [6.07, 6.45) is 0. The van der Waals surface area contributed by atoms with Crippen LogP contribution in [0.4, 0.5) is 0 Å². The van der Waals surface area contributed by atoms with E-state index >= 15 is 0 Å². The molecule has 1 atom stereocenters. The second-order valence-electron chi connectivity index (χ2n) is 4.82. The number of carbonyl (C=O) groups excluding carboxylic acids is 1. The molecular formula is C12H17ClOSeSi. The molecule has 0 radical (unpaired) electrons. The van der Waals surface area contributed by atoms with Crippen molar-refractivity contribution in [1.82, 2.24) is 0 Å². The third-order valence-corrected chi connectivity index (χ3v) is 7.39. The van der Waals surface area contributed by atoms with Gasteiger partial charge in [0.15, 0.2) is 0 Å². The van der Waals surface area contributed by atoms with Gasteiger partial charge in [0.1, 0.15) is 0 Å². The maximum atomic E-state index is 11.1. The Kier molecular flexibility index (Phi) is 4.81. The molecule has 0 aliphatic rings. The van der Waals surface area contributed by atoms with Crippen LogP contribution in [0.25, 0.3) is 0 Å². The van der Waals surface area contributed by atoms with Gasteiger partial charge in [0.25, 0.3) is 0 Å². The Hall–Kier alpha value is -0.0836. The van der Waals surface area contributed by atoms with E-state index < -0.39 is 8.07 Å². The fourth-order valence-corrected chi connectivity index (χ4v) is 4.40. The van der Waals surface area contributed by atoms with E-state index in [-0.39, 0.29) is 25.0 Å². The van der Waals surface area contributed by atoms with Gasteiger partial charge >= 0.3 is 110 Å². The van der Waals surface area contributed by atoms with Gasteiger partial charge in [-0.25, -0.2) is 0 Å². The maximum absolute atomic E-state index is 11.1. The van der Waals surface area contributed by atoms with Crippen LogP contribution in [-0.2, 0) is 4.79 Å². The number of ketones is 1. The molecular weight excluding hydrogens is 303 g/mol. The van der Waals surface area contributed by atoms with Crippen LogP contribution in [0.15, 0.2) is 24.3 Å². The van der Waals surface area contributed by atoms with Crippen LogP contribution in [-0.4, -0.2) is 33.1 Å². The molecule has 1 nitrogen and oxygen atoms in total. The fraction of sp³-hybridized carbons (Fsp3) is 0.417. The third kappa shape index (κ3) is 4.06. The molecule has 88 valence electrons. The molecule has 0 aromatic heterocycles. The fourth-order valence-electron chi connectivity index (χ4n) is 1.24. The number of benzene rings is 1. The van der Waals surface area contributed by atoms with Crippen molar-refractivity contribution in [3.05, 3.63) is 24.3 Å². The molecule has 0 amide bonds. The van der Waals surface area contributed by atoms with Gasteiger partial charge in [-0.2, -0.15) is 0 Å². The van der Waals surface area contributed by atoms with E-state index in [4.69, 9.17) is 11.6 Å². The molecule has 1 rings (SSSR count). The molecule has 0 saturated carbocycles. The number of halogens is 1. The number of alkyl halides is 1. The van der Waals surface area contributed by atoms with Crippen molar-refractivity contribution in [1.29, 1.82) is 0 Å². The summed E-state index contributed by atoms with van der Waals surface area (Å²) in [7, 11) is -1.21. The molecule has 0 spiro atoms. The van der Waals surface area contributed by atoms with Crippen LogP contribution in [0.5, 0.6) is 0 Å². The number of hydrogen-bond acceptors (Lipinski definition) is 1. The second-order valence-corrected chi connectivity index (χ2v) is 13.4. The average Bonchev–Trinajstić information content (AvgIpc) is 2.17. The van der Waals surface area contributed by atoms with Crippen LogP contribution in [0, 0.1) is 0 Å². The van der Waals surface area contributed by atoms with Gasteiger partial charge in [-0.1, -0.05) is 0 Å². The van der Waals surface area contributed by atoms with Crippen LogP contribution < -0.4 is 9.65 Å². The van der Waals surface area contributed by atoms with Crippen molar-refractivity contribution >= 4 is 50.1 Å². The molecule has 1 aromatic carbocycles. The van der Waals surface area contributed by atoms with Gasteiger partial charge < -0.3 is 0 Å². The van der Waals surface area contributed by atoms with Crippen LogP contribution >= 0.6 is 11.6 Å². The Bertz CT molecular complexity index is 370. The van der Waals surface area contributed by atoms with Crippen LogP contribution in [0.1, 0.15) is 6.92 Å². The monoisotopic (exact) mass is 320 g/mol. The van der Waals surface area contributed by atoms with E-state index in [1.54, 1.807) is 6.92 Å². The summed E-state index contributed by atoms with van der Waals surface area (Å²) in [4.78, 5) is 11.1. The Labute approximate surface area is 110 Å². The van der Waals surface area contributed by atoms with Crippen LogP contribution in [0.2, 0.25) is 19.6 Å². The Morgan fingerprint density at radius 2 is 1.75 bits per heavy atom. The van der Waals surface area contributed by atoms with Gasteiger partial charge in [0.05, 0.1) is 0 Å². The molecule has 0 saturated heterocycles. The second kappa shape index (κ2) is 5.50. The summed E-state index contributed by atoms with van der Waals surface area (Å²) in [5.74, 6) is 0.0657. The first-order valence-corrected chi connectivity index (χ1v) is 11.0. The summed E-state index contributed by atoms with van der Waals surface area (Å²) >= 11 is 6.01. The predicted molar refractivity (Wildman–Crippen MR) is 75.1 cm³/mol. The predicted octanol–water partition coefficient (Wildman–Crippen LogP) is 1.72. The minimum absolute atomic E-state index is 0.0470. The Balaban J connectivity index is 2.76. The molecule has 1 unspecified atom stereocenters. The molecule has 0 N–H and O–H groups in total. The first-order chi connectivity index (χ1) is 7.30. The first-order valence-electron chi connectivity index (χ1n) is 5.22. The molecule has 16 heavy (non-hydrogen) atoms. The number of hydrogen-bond donors (Lipinski definition) is 0. The van der Waals surface area contributed by atoms with E-state index in [2.05, 4.69) is 43.9 Å². The topological polar surface area (TPSA) is 17.1 Å². The number of rotatable bonds is 4. The zero-order chi connectivity index (χ0) is 12.3. The Morgan fingerprint density at radius 1 is 1.25 bits per heavy atom. The van der Waals surface area contributed by atoms with E-state index in [1.807, 2.05) is 0 Å². The molecule has 4 heteroatoms. The van der Waals surface area contributed by atoms with Gasteiger partial charge in [0.2, 0.25) is 0 Å². The quantitative estimate of drug-likeness (QED) is 0.610. The van der Waals surface area contributed by atoms with Gasteiger partial charge in [-0.05, 0) is 0 Å². The van der Waals surface area contributed by atoms with Crippen molar-refractivity contribution in [2.75, 3.05) is 0 Å². The summed E-state index contributed by atoms with van der Waals surface area (Å²) in [5.41, 5.74) is 0. The van der Waals surface area contributed by atoms with Crippen molar-refractivity contribution in [3.63, 3.8) is 0 Å². The van der Waals surface area contributed by atoms with E-state index in [9.17, 15) is 4.79 Å². The standard InChI is InChI=1S/C12H17ClOSeSi/c1-9(14)12(13)15-10-5-7-11(8-6-10)16(2,3)4/h5-8,12H,1-4H3. The summed E-state index contributed by atoms with van der Waals surface area (Å²) in [6, 6.07) is 8.61.